The number of benzene rings is 1. The molecule has 0 heterocycles. The average Bonchev–Trinajstić information content (AvgIpc) is 2.23. The molecule has 0 aliphatic carbocycles. The maximum absolute atomic E-state index is 10.5. The molecule has 0 N–H and O–H groups in total. The van der Waals surface area contributed by atoms with Gasteiger partial charge in [0.25, 0.3) is 0 Å². The van der Waals surface area contributed by atoms with Crippen LogP contribution in [0.2, 0.25) is 0 Å². The Hall–Kier alpha value is -0.880. The van der Waals surface area contributed by atoms with E-state index >= 15 is 0 Å². The van der Waals surface area contributed by atoms with Crippen molar-refractivity contribution in [2.24, 2.45) is 0 Å². The molecule has 0 amide bonds. The molecule has 0 aliphatic heterocycles. The summed E-state index contributed by atoms with van der Waals surface area (Å²) in [5.41, 5.74) is 0.828. The third-order valence-electron chi connectivity index (χ3n) is 1.97. The summed E-state index contributed by atoms with van der Waals surface area (Å²) in [6.45, 7) is 3.90. The quantitative estimate of drug-likeness (QED) is 0.592. The molecule has 0 atom stereocenters. The van der Waals surface area contributed by atoms with Gasteiger partial charge in [0, 0.05) is 13.0 Å². The number of nitro groups is 1. The summed E-state index contributed by atoms with van der Waals surface area (Å²) in [5.74, 6) is 0.698. The zero-order chi connectivity index (χ0) is 13.0. The first-order valence-corrected chi connectivity index (χ1v) is 6.48. The lowest BCUT2D eigenvalue weighted by atomic mass is 10.2. The molecule has 4 nitrogen and oxygen atoms in total. The normalized spacial score (nSPS) is 11.4. The SMILES string of the molecule is CCOc1c(Br)cc(C=C(C)[N+](=O)[O-])cc1Br. The van der Waals surface area contributed by atoms with Gasteiger partial charge in [-0.2, -0.15) is 0 Å². The lowest BCUT2D eigenvalue weighted by Crippen LogP contribution is -1.95. The van der Waals surface area contributed by atoms with Crippen molar-refractivity contribution in [3.05, 3.63) is 42.5 Å². The van der Waals surface area contributed by atoms with Crippen LogP contribution in [0.25, 0.3) is 6.08 Å². The lowest BCUT2D eigenvalue weighted by Gasteiger charge is -2.09. The molecular weight excluding hydrogens is 354 g/mol. The summed E-state index contributed by atoms with van der Waals surface area (Å²) in [6.07, 6.45) is 1.51. The van der Waals surface area contributed by atoms with E-state index in [1.54, 1.807) is 12.1 Å². The minimum atomic E-state index is -0.418. The van der Waals surface area contributed by atoms with E-state index in [-0.39, 0.29) is 5.70 Å². The Bertz CT molecular complexity index is 449. The van der Waals surface area contributed by atoms with Crippen molar-refractivity contribution in [1.82, 2.24) is 0 Å². The molecule has 0 saturated carbocycles. The van der Waals surface area contributed by atoms with E-state index < -0.39 is 4.92 Å². The van der Waals surface area contributed by atoms with Gasteiger partial charge in [0.1, 0.15) is 5.75 Å². The summed E-state index contributed by atoms with van der Waals surface area (Å²) in [7, 11) is 0. The van der Waals surface area contributed by atoms with Gasteiger partial charge in [0.15, 0.2) is 0 Å². The van der Waals surface area contributed by atoms with Crippen LogP contribution in [-0.4, -0.2) is 11.5 Å². The van der Waals surface area contributed by atoms with E-state index in [9.17, 15) is 10.1 Å². The van der Waals surface area contributed by atoms with Gasteiger partial charge in [0.2, 0.25) is 5.70 Å². The van der Waals surface area contributed by atoms with Crippen LogP contribution >= 0.6 is 31.9 Å². The molecule has 0 aliphatic rings. The second kappa shape index (κ2) is 6.16. The third-order valence-corrected chi connectivity index (χ3v) is 3.15. The fourth-order valence-corrected chi connectivity index (χ4v) is 2.69. The van der Waals surface area contributed by atoms with E-state index in [2.05, 4.69) is 31.9 Å². The van der Waals surface area contributed by atoms with Gasteiger partial charge >= 0.3 is 0 Å². The van der Waals surface area contributed by atoms with Crippen LogP contribution in [0.3, 0.4) is 0 Å². The number of hydrogen-bond donors (Lipinski definition) is 0. The van der Waals surface area contributed by atoms with Crippen molar-refractivity contribution in [3.8, 4) is 5.75 Å². The maximum atomic E-state index is 10.5. The molecule has 0 aromatic heterocycles. The van der Waals surface area contributed by atoms with Crippen LogP contribution in [0.5, 0.6) is 5.75 Å². The zero-order valence-corrected chi connectivity index (χ0v) is 12.5. The fraction of sp³-hybridized carbons (Fsp3) is 0.273. The summed E-state index contributed by atoms with van der Waals surface area (Å²) in [4.78, 5) is 10.1. The number of rotatable bonds is 4. The fourth-order valence-electron chi connectivity index (χ4n) is 1.24. The van der Waals surface area contributed by atoms with Gasteiger partial charge < -0.3 is 4.74 Å². The highest BCUT2D eigenvalue weighted by atomic mass is 79.9. The van der Waals surface area contributed by atoms with Gasteiger partial charge in [-0.25, -0.2) is 0 Å². The van der Waals surface area contributed by atoms with E-state index in [0.29, 0.717) is 12.4 Å². The van der Waals surface area contributed by atoms with Crippen LogP contribution in [0, 0.1) is 10.1 Å². The standard InChI is InChI=1S/C11H11Br2NO3/c1-3-17-11-9(12)5-8(6-10(11)13)4-7(2)14(15)16/h4-6H,3H2,1-2H3. The monoisotopic (exact) mass is 363 g/mol. The van der Waals surface area contributed by atoms with Crippen LogP contribution < -0.4 is 4.74 Å². The van der Waals surface area contributed by atoms with Gasteiger partial charge in [-0.15, -0.1) is 0 Å². The van der Waals surface area contributed by atoms with Crippen molar-refractivity contribution in [2.45, 2.75) is 13.8 Å². The third kappa shape index (κ3) is 3.81. The first kappa shape index (κ1) is 14.2. The van der Waals surface area contributed by atoms with E-state index in [0.717, 1.165) is 14.5 Å². The first-order valence-electron chi connectivity index (χ1n) is 4.90. The van der Waals surface area contributed by atoms with Crippen molar-refractivity contribution < 1.29 is 9.66 Å². The van der Waals surface area contributed by atoms with Gasteiger partial charge in [0.05, 0.1) is 20.5 Å². The van der Waals surface area contributed by atoms with Crippen LogP contribution in [0.1, 0.15) is 19.4 Å². The Labute approximate surface area is 116 Å². The minimum absolute atomic E-state index is 0.0907. The molecule has 17 heavy (non-hydrogen) atoms. The van der Waals surface area contributed by atoms with Crippen LogP contribution in [-0.2, 0) is 0 Å². The van der Waals surface area contributed by atoms with Crippen molar-refractivity contribution in [3.63, 3.8) is 0 Å². The Morgan fingerprint density at radius 3 is 2.41 bits per heavy atom. The number of nitrogens with zero attached hydrogens (tertiary/aromatic N) is 1. The Kier molecular flexibility index (Phi) is 5.14. The minimum Gasteiger partial charge on any atom is -0.492 e. The summed E-state index contributed by atoms with van der Waals surface area (Å²) >= 11 is 6.74. The van der Waals surface area contributed by atoms with E-state index in [4.69, 9.17) is 4.74 Å². The highest BCUT2D eigenvalue weighted by Crippen LogP contribution is 2.35. The van der Waals surface area contributed by atoms with E-state index in [1.165, 1.54) is 13.0 Å². The Morgan fingerprint density at radius 1 is 1.47 bits per heavy atom. The smallest absolute Gasteiger partial charge is 0.243 e. The predicted octanol–water partition coefficient (Wildman–Crippen LogP) is 4.25. The molecule has 0 radical (unpaired) electrons. The van der Waals surface area contributed by atoms with Crippen molar-refractivity contribution in [2.75, 3.05) is 6.61 Å². The molecule has 6 heteroatoms. The molecule has 0 bridgehead atoms. The predicted molar refractivity (Wildman–Crippen MR) is 73.7 cm³/mol. The summed E-state index contributed by atoms with van der Waals surface area (Å²) in [5, 5.41) is 10.5. The van der Waals surface area contributed by atoms with Crippen LogP contribution in [0.4, 0.5) is 0 Å². The van der Waals surface area contributed by atoms with Gasteiger partial charge in [-0.1, -0.05) is 0 Å². The second-order valence-electron chi connectivity index (χ2n) is 3.29. The molecule has 0 unspecified atom stereocenters. The summed E-state index contributed by atoms with van der Waals surface area (Å²) < 4.78 is 6.95. The largest absolute Gasteiger partial charge is 0.492 e. The summed E-state index contributed by atoms with van der Waals surface area (Å²) in [6, 6.07) is 3.56. The Morgan fingerprint density at radius 2 is 2.00 bits per heavy atom. The molecular formula is C11H11Br2NO3. The second-order valence-corrected chi connectivity index (χ2v) is 5.00. The van der Waals surface area contributed by atoms with Crippen molar-refractivity contribution in [1.29, 1.82) is 0 Å². The van der Waals surface area contributed by atoms with Crippen LogP contribution in [0.15, 0.2) is 26.8 Å². The first-order chi connectivity index (χ1) is 7.95. The molecule has 1 rings (SSSR count). The van der Waals surface area contributed by atoms with Gasteiger partial charge in [-0.3, -0.25) is 10.1 Å². The average molecular weight is 365 g/mol. The molecule has 0 fully saturated rings. The molecule has 0 saturated heterocycles. The molecule has 0 spiro atoms. The molecule has 92 valence electrons. The zero-order valence-electron chi connectivity index (χ0n) is 9.37. The topological polar surface area (TPSA) is 52.4 Å². The molecule has 1 aromatic carbocycles. The number of halogens is 2. The highest BCUT2D eigenvalue weighted by molar-refractivity contribution is 9.11. The number of ether oxygens (including phenoxy) is 1. The maximum Gasteiger partial charge on any atom is 0.243 e. The van der Waals surface area contributed by atoms with E-state index in [1.807, 2.05) is 6.92 Å². The highest BCUT2D eigenvalue weighted by Gasteiger charge is 2.09. The van der Waals surface area contributed by atoms with Gasteiger partial charge in [-0.05, 0) is 56.5 Å². The Balaban J connectivity index is 3.14. The van der Waals surface area contributed by atoms with Crippen molar-refractivity contribution >= 4 is 37.9 Å². The number of allylic oxidation sites excluding steroid dienone is 1. The number of hydrogen-bond acceptors (Lipinski definition) is 3. The molecule has 1 aromatic rings. The lowest BCUT2D eigenvalue weighted by molar-refractivity contribution is -0.422.